The second-order valence-corrected chi connectivity index (χ2v) is 5.96. The normalized spacial score (nSPS) is 17.3. The van der Waals surface area contributed by atoms with Crippen molar-refractivity contribution in [1.82, 2.24) is 5.32 Å². The zero-order valence-electron chi connectivity index (χ0n) is 12.3. The van der Waals surface area contributed by atoms with Gasteiger partial charge in [-0.05, 0) is 31.0 Å². The van der Waals surface area contributed by atoms with Gasteiger partial charge in [0.1, 0.15) is 6.10 Å². The second-order valence-electron chi connectivity index (χ2n) is 5.09. The van der Waals surface area contributed by atoms with Gasteiger partial charge in [-0.25, -0.2) is 0 Å². The van der Waals surface area contributed by atoms with E-state index in [-0.39, 0.29) is 17.9 Å². The van der Waals surface area contributed by atoms with Gasteiger partial charge in [-0.1, -0.05) is 23.2 Å². The van der Waals surface area contributed by atoms with Crippen molar-refractivity contribution in [3.8, 4) is 0 Å². The maximum atomic E-state index is 11.9. The molecule has 2 rings (SSSR count). The third-order valence-electron chi connectivity index (χ3n) is 3.40. The fourth-order valence-electron chi connectivity index (χ4n) is 2.35. The van der Waals surface area contributed by atoms with Gasteiger partial charge in [0.2, 0.25) is 11.8 Å². The number of nitrogens with zero attached hydrogens (tertiary/aromatic N) is 1. The highest BCUT2D eigenvalue weighted by Crippen LogP contribution is 2.25. The van der Waals surface area contributed by atoms with Crippen molar-refractivity contribution in [2.24, 2.45) is 0 Å². The van der Waals surface area contributed by atoms with Gasteiger partial charge in [-0.2, -0.15) is 0 Å². The molecule has 7 heteroatoms. The molecular formula is C15H18Cl2N2O3. The van der Waals surface area contributed by atoms with Gasteiger partial charge in [0.15, 0.2) is 0 Å². The predicted octanol–water partition coefficient (Wildman–Crippen LogP) is 2.64. The van der Waals surface area contributed by atoms with Crippen LogP contribution in [0.5, 0.6) is 0 Å². The molecule has 0 bridgehead atoms. The van der Waals surface area contributed by atoms with Gasteiger partial charge >= 0.3 is 0 Å². The Kier molecular flexibility index (Phi) is 6.06. The third kappa shape index (κ3) is 4.60. The average Bonchev–Trinajstić information content (AvgIpc) is 2.95. The van der Waals surface area contributed by atoms with E-state index in [1.54, 1.807) is 18.2 Å². The Hall–Kier alpha value is -1.30. The van der Waals surface area contributed by atoms with Crippen LogP contribution in [0.3, 0.4) is 0 Å². The molecule has 0 aromatic heterocycles. The molecule has 1 fully saturated rings. The SMILES string of the molecule is CC(=O)N(CCNC(=O)C1CCCO1)c1cc(Cl)cc(Cl)c1. The van der Waals surface area contributed by atoms with Crippen molar-refractivity contribution in [2.45, 2.75) is 25.9 Å². The Bertz CT molecular complexity index is 539. The van der Waals surface area contributed by atoms with Crippen molar-refractivity contribution < 1.29 is 14.3 Å². The Labute approximate surface area is 139 Å². The molecule has 1 saturated heterocycles. The summed E-state index contributed by atoms with van der Waals surface area (Å²) in [4.78, 5) is 25.2. The number of hydrogen-bond donors (Lipinski definition) is 1. The molecular weight excluding hydrogens is 327 g/mol. The largest absolute Gasteiger partial charge is 0.368 e. The van der Waals surface area contributed by atoms with Crippen LogP contribution in [0.4, 0.5) is 5.69 Å². The van der Waals surface area contributed by atoms with E-state index in [2.05, 4.69) is 5.32 Å². The van der Waals surface area contributed by atoms with Crippen LogP contribution >= 0.6 is 23.2 Å². The molecule has 120 valence electrons. The number of carbonyl (C=O) groups excluding carboxylic acids is 2. The smallest absolute Gasteiger partial charge is 0.249 e. The molecule has 0 spiro atoms. The van der Waals surface area contributed by atoms with Crippen molar-refractivity contribution in [1.29, 1.82) is 0 Å². The molecule has 1 unspecified atom stereocenters. The summed E-state index contributed by atoms with van der Waals surface area (Å²) in [6, 6.07) is 4.93. The molecule has 1 heterocycles. The van der Waals surface area contributed by atoms with Crippen LogP contribution in [0.2, 0.25) is 10.0 Å². The maximum Gasteiger partial charge on any atom is 0.249 e. The van der Waals surface area contributed by atoms with Crippen LogP contribution in [0.15, 0.2) is 18.2 Å². The minimum absolute atomic E-state index is 0.134. The number of benzene rings is 1. The molecule has 1 atom stereocenters. The van der Waals surface area contributed by atoms with Crippen LogP contribution < -0.4 is 10.2 Å². The minimum atomic E-state index is -0.369. The Morgan fingerprint density at radius 1 is 1.32 bits per heavy atom. The van der Waals surface area contributed by atoms with Gasteiger partial charge < -0.3 is 15.0 Å². The Morgan fingerprint density at radius 2 is 2.00 bits per heavy atom. The van der Waals surface area contributed by atoms with Crippen molar-refractivity contribution in [3.05, 3.63) is 28.2 Å². The summed E-state index contributed by atoms with van der Waals surface area (Å²) in [6.07, 6.45) is 1.27. The lowest BCUT2D eigenvalue weighted by molar-refractivity contribution is -0.130. The van der Waals surface area contributed by atoms with E-state index < -0.39 is 0 Å². The number of halogens is 2. The molecule has 0 saturated carbocycles. The molecule has 1 aromatic rings. The number of rotatable bonds is 5. The minimum Gasteiger partial charge on any atom is -0.368 e. The summed E-state index contributed by atoms with van der Waals surface area (Å²) in [5.41, 5.74) is 0.608. The zero-order valence-corrected chi connectivity index (χ0v) is 13.8. The van der Waals surface area contributed by atoms with Gasteiger partial charge in [-0.15, -0.1) is 0 Å². The number of carbonyl (C=O) groups is 2. The summed E-state index contributed by atoms with van der Waals surface area (Å²) in [7, 11) is 0. The molecule has 1 N–H and O–H groups in total. The van der Waals surface area contributed by atoms with Crippen LogP contribution in [0, 0.1) is 0 Å². The first-order valence-corrected chi connectivity index (χ1v) is 7.86. The quantitative estimate of drug-likeness (QED) is 0.893. The van der Waals surface area contributed by atoms with E-state index in [4.69, 9.17) is 27.9 Å². The average molecular weight is 345 g/mol. The number of nitrogens with one attached hydrogen (secondary N) is 1. The summed E-state index contributed by atoms with van der Waals surface area (Å²) >= 11 is 11.9. The molecule has 0 aliphatic carbocycles. The van der Waals surface area contributed by atoms with Gasteiger partial charge in [-0.3, -0.25) is 9.59 Å². The van der Waals surface area contributed by atoms with Crippen molar-refractivity contribution in [2.75, 3.05) is 24.6 Å². The second kappa shape index (κ2) is 7.81. The highest BCUT2D eigenvalue weighted by Gasteiger charge is 2.23. The van der Waals surface area contributed by atoms with Crippen molar-refractivity contribution >= 4 is 40.7 Å². The number of amides is 2. The first-order valence-electron chi connectivity index (χ1n) is 7.11. The van der Waals surface area contributed by atoms with E-state index in [1.807, 2.05) is 0 Å². The summed E-state index contributed by atoms with van der Waals surface area (Å²) in [5, 5.41) is 3.70. The van der Waals surface area contributed by atoms with Crippen LogP contribution in [0.25, 0.3) is 0 Å². The summed E-state index contributed by atoms with van der Waals surface area (Å²) in [5.74, 6) is -0.283. The van der Waals surface area contributed by atoms with Gasteiger partial charge in [0.05, 0.1) is 0 Å². The van der Waals surface area contributed by atoms with Crippen LogP contribution in [0.1, 0.15) is 19.8 Å². The molecule has 1 aromatic carbocycles. The number of hydrogen-bond acceptors (Lipinski definition) is 3. The number of anilines is 1. The lowest BCUT2D eigenvalue weighted by Gasteiger charge is -2.22. The van der Waals surface area contributed by atoms with E-state index in [9.17, 15) is 9.59 Å². The molecule has 1 aliphatic rings. The van der Waals surface area contributed by atoms with Crippen LogP contribution in [-0.2, 0) is 14.3 Å². The molecule has 0 radical (unpaired) electrons. The standard InChI is InChI=1S/C15H18Cl2N2O3/c1-10(20)19(13-8-11(16)7-12(17)9-13)5-4-18-15(21)14-3-2-6-22-14/h7-9,14H,2-6H2,1H3,(H,18,21). The Balaban J connectivity index is 1.94. The van der Waals surface area contributed by atoms with E-state index in [1.165, 1.54) is 11.8 Å². The topological polar surface area (TPSA) is 58.6 Å². The molecule has 2 amide bonds. The van der Waals surface area contributed by atoms with Gasteiger partial charge in [0, 0.05) is 42.4 Å². The monoisotopic (exact) mass is 344 g/mol. The highest BCUT2D eigenvalue weighted by atomic mass is 35.5. The maximum absolute atomic E-state index is 11.9. The summed E-state index contributed by atoms with van der Waals surface area (Å²) < 4.78 is 5.31. The molecule has 5 nitrogen and oxygen atoms in total. The zero-order chi connectivity index (χ0) is 16.1. The Morgan fingerprint density at radius 3 is 2.55 bits per heavy atom. The number of ether oxygens (including phenoxy) is 1. The lowest BCUT2D eigenvalue weighted by atomic mass is 10.2. The fourth-order valence-corrected chi connectivity index (χ4v) is 2.87. The van der Waals surface area contributed by atoms with E-state index >= 15 is 0 Å². The van der Waals surface area contributed by atoms with Crippen LogP contribution in [-0.4, -0.2) is 37.6 Å². The van der Waals surface area contributed by atoms with Crippen molar-refractivity contribution in [3.63, 3.8) is 0 Å². The molecule has 1 aliphatic heterocycles. The summed E-state index contributed by atoms with van der Waals surface area (Å²) in [6.45, 7) is 2.75. The fraction of sp³-hybridized carbons (Fsp3) is 0.467. The first kappa shape index (κ1) is 17.1. The predicted molar refractivity (Wildman–Crippen MR) is 86.5 cm³/mol. The van der Waals surface area contributed by atoms with Gasteiger partial charge in [0.25, 0.3) is 0 Å². The molecule has 22 heavy (non-hydrogen) atoms. The third-order valence-corrected chi connectivity index (χ3v) is 3.83. The highest BCUT2D eigenvalue weighted by molar-refractivity contribution is 6.35. The first-order chi connectivity index (χ1) is 10.5. The van der Waals surface area contributed by atoms with E-state index in [0.29, 0.717) is 35.4 Å². The lowest BCUT2D eigenvalue weighted by Crippen LogP contribution is -2.41. The van der Waals surface area contributed by atoms with E-state index in [0.717, 1.165) is 12.8 Å².